The average Bonchev–Trinajstić information content (AvgIpc) is 2.54. The lowest BCUT2D eigenvalue weighted by Crippen LogP contribution is -2.23. The fourth-order valence-corrected chi connectivity index (χ4v) is 3.91. The molecule has 0 aliphatic heterocycles. The molecule has 0 aliphatic rings. The maximum Gasteiger partial charge on any atom is 0.0877 e. The maximum absolute atomic E-state index is 5.77. The van der Waals surface area contributed by atoms with Gasteiger partial charge in [0.05, 0.1) is 11.2 Å². The molecule has 0 spiro atoms. The van der Waals surface area contributed by atoms with Crippen molar-refractivity contribution in [2.45, 2.75) is 38.9 Å². The summed E-state index contributed by atoms with van der Waals surface area (Å²) >= 11 is 7.49. The quantitative estimate of drug-likeness (QED) is 0.502. The highest BCUT2D eigenvalue weighted by molar-refractivity contribution is 9.11. The van der Waals surface area contributed by atoms with Crippen LogP contribution in [-0.4, -0.2) is 14.2 Å². The number of halogens is 2. The number of benzene rings is 2. The zero-order chi connectivity index (χ0) is 18.1. The van der Waals surface area contributed by atoms with Crippen LogP contribution in [0.1, 0.15) is 38.8 Å². The summed E-state index contributed by atoms with van der Waals surface area (Å²) in [6, 6.07) is 12.4. The van der Waals surface area contributed by atoms with Crippen molar-refractivity contribution in [3.05, 3.63) is 56.5 Å². The van der Waals surface area contributed by atoms with E-state index >= 15 is 0 Å². The first-order valence-electron chi connectivity index (χ1n) is 7.84. The Hall–Kier alpha value is -0.680. The van der Waals surface area contributed by atoms with Crippen molar-refractivity contribution in [2.24, 2.45) is 0 Å². The van der Waals surface area contributed by atoms with Crippen LogP contribution in [0.5, 0.6) is 0 Å². The first kappa shape index (κ1) is 19.6. The van der Waals surface area contributed by atoms with E-state index in [1.807, 2.05) is 12.1 Å². The fraction of sp³-hybridized carbons (Fsp3) is 0.400. The Balaban J connectivity index is 2.89. The van der Waals surface area contributed by atoms with Crippen molar-refractivity contribution in [2.75, 3.05) is 14.2 Å². The average molecular weight is 456 g/mol. The number of hydrogen-bond acceptors (Lipinski definition) is 2. The molecule has 2 rings (SSSR count). The van der Waals surface area contributed by atoms with E-state index in [0.717, 1.165) is 31.2 Å². The molecule has 0 N–H and O–H groups in total. The van der Waals surface area contributed by atoms with E-state index in [1.54, 1.807) is 14.2 Å². The largest absolute Gasteiger partial charge is 0.374 e. The third-order valence-corrected chi connectivity index (χ3v) is 5.92. The van der Waals surface area contributed by atoms with Crippen molar-refractivity contribution in [3.8, 4) is 11.1 Å². The molecular formula is C20H24Br2O2. The zero-order valence-corrected chi connectivity index (χ0v) is 18.2. The summed E-state index contributed by atoms with van der Waals surface area (Å²) in [5, 5.41) is 0. The molecular weight excluding hydrogens is 432 g/mol. The minimum absolute atomic E-state index is 0.414. The Morgan fingerprint density at radius 2 is 1.00 bits per heavy atom. The van der Waals surface area contributed by atoms with Crippen LogP contribution in [0, 0.1) is 0 Å². The molecule has 0 amide bonds. The molecule has 0 saturated heterocycles. The van der Waals surface area contributed by atoms with Gasteiger partial charge in [-0.15, -0.1) is 0 Å². The first-order valence-corrected chi connectivity index (χ1v) is 9.43. The lowest BCUT2D eigenvalue weighted by Gasteiger charge is -2.31. The molecule has 0 bridgehead atoms. The second-order valence-corrected chi connectivity index (χ2v) is 8.46. The van der Waals surface area contributed by atoms with Crippen LogP contribution in [0.25, 0.3) is 11.1 Å². The second kappa shape index (κ2) is 7.28. The second-order valence-electron chi connectivity index (χ2n) is 6.75. The van der Waals surface area contributed by atoms with E-state index in [-0.39, 0.29) is 0 Å². The van der Waals surface area contributed by atoms with E-state index in [4.69, 9.17) is 9.47 Å². The van der Waals surface area contributed by atoms with Gasteiger partial charge >= 0.3 is 0 Å². The number of rotatable bonds is 5. The summed E-state index contributed by atoms with van der Waals surface area (Å²) in [5.41, 5.74) is 3.67. The summed E-state index contributed by atoms with van der Waals surface area (Å²) in [6.07, 6.45) is 0. The maximum atomic E-state index is 5.77. The zero-order valence-electron chi connectivity index (χ0n) is 15.0. The van der Waals surface area contributed by atoms with Gasteiger partial charge in [0.2, 0.25) is 0 Å². The normalized spacial score (nSPS) is 12.5. The van der Waals surface area contributed by atoms with Crippen LogP contribution < -0.4 is 0 Å². The Bertz CT molecular complexity index is 673. The highest BCUT2D eigenvalue weighted by atomic mass is 79.9. The lowest BCUT2D eigenvalue weighted by atomic mass is 9.84. The molecule has 0 saturated carbocycles. The highest BCUT2D eigenvalue weighted by Crippen LogP contribution is 2.45. The molecule has 0 fully saturated rings. The van der Waals surface area contributed by atoms with E-state index in [0.29, 0.717) is 0 Å². The van der Waals surface area contributed by atoms with Crippen LogP contribution in [-0.2, 0) is 20.7 Å². The van der Waals surface area contributed by atoms with Gasteiger partial charge in [-0.1, -0.05) is 56.1 Å². The van der Waals surface area contributed by atoms with Gasteiger partial charge in [-0.3, -0.25) is 0 Å². The smallest absolute Gasteiger partial charge is 0.0877 e. The van der Waals surface area contributed by atoms with E-state index < -0.39 is 11.2 Å². The lowest BCUT2D eigenvalue weighted by molar-refractivity contribution is 0.0179. The Morgan fingerprint density at radius 3 is 1.29 bits per heavy atom. The first-order chi connectivity index (χ1) is 11.2. The molecule has 0 atom stereocenters. The van der Waals surface area contributed by atoms with Gasteiger partial charge in [0, 0.05) is 34.3 Å². The molecule has 2 nitrogen and oxygen atoms in total. The monoisotopic (exact) mass is 454 g/mol. The predicted octanol–water partition coefficient (Wildman–Crippen LogP) is 6.64. The van der Waals surface area contributed by atoms with Gasteiger partial charge in [0.1, 0.15) is 0 Å². The van der Waals surface area contributed by atoms with Crippen molar-refractivity contribution in [3.63, 3.8) is 0 Å². The standard InChI is InChI=1S/C20H24Br2O2/c1-19(2,23-5)13-9-7-11-15(21)17(13)18-14(20(3,4)24-6)10-8-12-16(18)22/h7-12H,1-6H3. The van der Waals surface area contributed by atoms with Crippen LogP contribution in [0.3, 0.4) is 0 Å². The Kier molecular flexibility index (Phi) is 5.96. The number of methoxy groups -OCH3 is 2. The minimum Gasteiger partial charge on any atom is -0.374 e. The molecule has 0 aliphatic carbocycles. The summed E-state index contributed by atoms with van der Waals surface area (Å²) in [6.45, 7) is 8.32. The van der Waals surface area contributed by atoms with Crippen LogP contribution in [0.4, 0.5) is 0 Å². The number of ether oxygens (including phenoxy) is 2. The summed E-state index contributed by atoms with van der Waals surface area (Å²) in [7, 11) is 3.48. The van der Waals surface area contributed by atoms with E-state index in [1.165, 1.54) is 0 Å². The van der Waals surface area contributed by atoms with Gasteiger partial charge in [0.15, 0.2) is 0 Å². The molecule has 0 radical (unpaired) electrons. The van der Waals surface area contributed by atoms with Crippen molar-refractivity contribution < 1.29 is 9.47 Å². The molecule has 0 aromatic heterocycles. The highest BCUT2D eigenvalue weighted by Gasteiger charge is 2.30. The van der Waals surface area contributed by atoms with E-state index in [2.05, 4.69) is 83.8 Å². The van der Waals surface area contributed by atoms with Gasteiger partial charge in [-0.2, -0.15) is 0 Å². The number of hydrogen-bond donors (Lipinski definition) is 0. The SMILES string of the molecule is COC(C)(C)c1cccc(Br)c1-c1c(Br)cccc1C(C)(C)OC. The minimum atomic E-state index is -0.414. The van der Waals surface area contributed by atoms with Crippen LogP contribution in [0.2, 0.25) is 0 Å². The summed E-state index contributed by atoms with van der Waals surface area (Å²) in [5.74, 6) is 0. The van der Waals surface area contributed by atoms with Crippen molar-refractivity contribution in [1.29, 1.82) is 0 Å². The molecule has 0 heterocycles. The molecule has 4 heteroatoms. The van der Waals surface area contributed by atoms with Gasteiger partial charge in [-0.05, 0) is 51.0 Å². The molecule has 24 heavy (non-hydrogen) atoms. The van der Waals surface area contributed by atoms with E-state index in [9.17, 15) is 0 Å². The van der Waals surface area contributed by atoms with Crippen molar-refractivity contribution in [1.82, 2.24) is 0 Å². The third kappa shape index (κ3) is 3.62. The van der Waals surface area contributed by atoms with Crippen LogP contribution >= 0.6 is 31.9 Å². The molecule has 2 aromatic carbocycles. The Labute approximate surface area is 161 Å². The van der Waals surface area contributed by atoms with Gasteiger partial charge < -0.3 is 9.47 Å². The summed E-state index contributed by atoms with van der Waals surface area (Å²) < 4.78 is 13.6. The summed E-state index contributed by atoms with van der Waals surface area (Å²) in [4.78, 5) is 0. The topological polar surface area (TPSA) is 18.5 Å². The predicted molar refractivity (Wildman–Crippen MR) is 107 cm³/mol. The van der Waals surface area contributed by atoms with Gasteiger partial charge in [0.25, 0.3) is 0 Å². The molecule has 2 aromatic rings. The van der Waals surface area contributed by atoms with Crippen molar-refractivity contribution >= 4 is 31.9 Å². The van der Waals surface area contributed by atoms with Crippen LogP contribution in [0.15, 0.2) is 45.3 Å². The van der Waals surface area contributed by atoms with Gasteiger partial charge in [-0.25, -0.2) is 0 Å². The third-order valence-electron chi connectivity index (χ3n) is 4.60. The molecule has 130 valence electrons. The fourth-order valence-electron chi connectivity index (χ4n) is 2.78. The Morgan fingerprint density at radius 1 is 0.667 bits per heavy atom. The molecule has 0 unspecified atom stereocenters.